The molecule has 0 aromatic rings. The zero-order chi connectivity index (χ0) is 10.2. The Kier molecular flexibility index (Phi) is 2.53. The Balaban J connectivity index is 2.78. The maximum atomic E-state index is 10.5. The van der Waals surface area contributed by atoms with Crippen LogP contribution in [0.3, 0.4) is 0 Å². The van der Waals surface area contributed by atoms with Gasteiger partial charge in [0.25, 0.3) is 0 Å². The van der Waals surface area contributed by atoms with Gasteiger partial charge in [0.05, 0.1) is 24.0 Å². The molecule has 0 saturated heterocycles. The molecule has 13 heavy (non-hydrogen) atoms. The summed E-state index contributed by atoms with van der Waals surface area (Å²) in [4.78, 5) is 20.9. The highest BCUT2D eigenvalue weighted by Crippen LogP contribution is 2.32. The van der Waals surface area contributed by atoms with Gasteiger partial charge in [-0.25, -0.2) is 0 Å². The second-order valence-corrected chi connectivity index (χ2v) is 3.11. The molecule has 4 N–H and O–H groups in total. The predicted octanol–water partition coefficient (Wildman–Crippen LogP) is -1.49. The summed E-state index contributed by atoms with van der Waals surface area (Å²) in [5.41, 5.74) is 0. The van der Waals surface area contributed by atoms with Crippen LogP contribution in [0.15, 0.2) is 0 Å². The molecule has 0 aliphatic heterocycles. The third kappa shape index (κ3) is 1.63. The van der Waals surface area contributed by atoms with Crippen molar-refractivity contribution >= 4 is 11.9 Å². The van der Waals surface area contributed by atoms with E-state index in [0.29, 0.717) is 0 Å². The Morgan fingerprint density at radius 2 is 1.23 bits per heavy atom. The van der Waals surface area contributed by atoms with Crippen molar-refractivity contribution in [3.63, 3.8) is 0 Å². The standard InChI is InChI=1S/C7H10O6/c8-4-2(6(10)11)1-3(5(4)9)7(12)13/h2-5,8-9H,1H2,(H,10,11)(H,12,13). The highest BCUT2D eigenvalue weighted by atomic mass is 16.4. The van der Waals surface area contributed by atoms with Crippen molar-refractivity contribution in [3.8, 4) is 0 Å². The minimum absolute atomic E-state index is 0.229. The van der Waals surface area contributed by atoms with E-state index in [9.17, 15) is 9.59 Å². The molecule has 0 spiro atoms. The van der Waals surface area contributed by atoms with Crippen LogP contribution in [0.4, 0.5) is 0 Å². The Bertz CT molecular complexity index is 213. The van der Waals surface area contributed by atoms with Gasteiger partial charge in [-0.3, -0.25) is 9.59 Å². The van der Waals surface area contributed by atoms with Crippen molar-refractivity contribution in [2.75, 3.05) is 0 Å². The lowest BCUT2D eigenvalue weighted by Gasteiger charge is -2.12. The minimum Gasteiger partial charge on any atom is -0.481 e. The molecule has 0 radical (unpaired) electrons. The van der Waals surface area contributed by atoms with Crippen LogP contribution in [0.2, 0.25) is 0 Å². The largest absolute Gasteiger partial charge is 0.481 e. The van der Waals surface area contributed by atoms with Gasteiger partial charge in [-0.1, -0.05) is 0 Å². The molecule has 4 atom stereocenters. The summed E-state index contributed by atoms with van der Waals surface area (Å²) in [6, 6.07) is 0. The molecular formula is C7H10O6. The molecule has 6 heteroatoms. The number of carboxylic acids is 2. The van der Waals surface area contributed by atoms with E-state index in [2.05, 4.69) is 0 Å². The summed E-state index contributed by atoms with van der Waals surface area (Å²) in [5.74, 6) is -4.93. The highest BCUT2D eigenvalue weighted by molar-refractivity contribution is 5.76. The zero-order valence-corrected chi connectivity index (χ0v) is 6.62. The number of aliphatic carboxylic acids is 2. The Morgan fingerprint density at radius 1 is 0.923 bits per heavy atom. The quantitative estimate of drug-likeness (QED) is 0.422. The van der Waals surface area contributed by atoms with Crippen molar-refractivity contribution in [2.24, 2.45) is 11.8 Å². The van der Waals surface area contributed by atoms with Crippen molar-refractivity contribution < 1.29 is 30.0 Å². The fraction of sp³-hybridized carbons (Fsp3) is 0.714. The summed E-state index contributed by atoms with van der Waals surface area (Å²) in [6.07, 6.45) is -3.20. The van der Waals surface area contributed by atoms with Crippen LogP contribution in [0.25, 0.3) is 0 Å². The molecular weight excluding hydrogens is 180 g/mol. The van der Waals surface area contributed by atoms with Crippen molar-refractivity contribution in [1.29, 1.82) is 0 Å². The number of hydrogen-bond donors (Lipinski definition) is 4. The van der Waals surface area contributed by atoms with E-state index in [4.69, 9.17) is 20.4 Å². The molecule has 1 aliphatic rings. The molecule has 0 aromatic carbocycles. The molecule has 1 saturated carbocycles. The fourth-order valence-electron chi connectivity index (χ4n) is 1.52. The van der Waals surface area contributed by atoms with Gasteiger partial charge in [0, 0.05) is 0 Å². The number of hydrogen-bond acceptors (Lipinski definition) is 4. The van der Waals surface area contributed by atoms with E-state index in [0.717, 1.165) is 0 Å². The van der Waals surface area contributed by atoms with Crippen LogP contribution in [-0.2, 0) is 9.59 Å². The monoisotopic (exact) mass is 190 g/mol. The third-order valence-electron chi connectivity index (χ3n) is 2.32. The number of carbonyl (C=O) groups is 2. The van der Waals surface area contributed by atoms with E-state index in [1.165, 1.54) is 0 Å². The van der Waals surface area contributed by atoms with Gasteiger partial charge < -0.3 is 20.4 Å². The van der Waals surface area contributed by atoms with Crippen molar-refractivity contribution in [2.45, 2.75) is 18.6 Å². The van der Waals surface area contributed by atoms with Crippen LogP contribution < -0.4 is 0 Å². The number of carboxylic acid groups (broad SMARTS) is 2. The first kappa shape index (κ1) is 9.94. The zero-order valence-electron chi connectivity index (χ0n) is 6.62. The molecule has 1 aliphatic carbocycles. The Labute approximate surface area is 73.4 Å². The number of rotatable bonds is 2. The van der Waals surface area contributed by atoms with E-state index in [-0.39, 0.29) is 6.42 Å². The molecule has 4 unspecified atom stereocenters. The van der Waals surface area contributed by atoms with Crippen LogP contribution in [0.5, 0.6) is 0 Å². The molecule has 74 valence electrons. The summed E-state index contributed by atoms with van der Waals surface area (Å²) in [6.45, 7) is 0. The van der Waals surface area contributed by atoms with Gasteiger partial charge in [-0.2, -0.15) is 0 Å². The SMILES string of the molecule is O=C(O)C1CC(C(=O)O)C(O)C1O. The van der Waals surface area contributed by atoms with E-state index >= 15 is 0 Å². The summed E-state index contributed by atoms with van der Waals surface area (Å²) >= 11 is 0. The van der Waals surface area contributed by atoms with E-state index < -0.39 is 36.0 Å². The Morgan fingerprint density at radius 3 is 1.38 bits per heavy atom. The third-order valence-corrected chi connectivity index (χ3v) is 2.32. The van der Waals surface area contributed by atoms with Crippen molar-refractivity contribution in [3.05, 3.63) is 0 Å². The van der Waals surface area contributed by atoms with Crippen LogP contribution in [0, 0.1) is 11.8 Å². The van der Waals surface area contributed by atoms with Crippen LogP contribution >= 0.6 is 0 Å². The summed E-state index contributed by atoms with van der Waals surface area (Å²) < 4.78 is 0. The van der Waals surface area contributed by atoms with Crippen LogP contribution in [0.1, 0.15) is 6.42 Å². The topological polar surface area (TPSA) is 115 Å². The lowest BCUT2D eigenvalue weighted by Crippen LogP contribution is -2.33. The van der Waals surface area contributed by atoms with Gasteiger partial charge in [0.15, 0.2) is 0 Å². The first-order valence-corrected chi connectivity index (χ1v) is 3.77. The first-order valence-electron chi connectivity index (χ1n) is 3.77. The maximum Gasteiger partial charge on any atom is 0.309 e. The first-order chi connectivity index (χ1) is 5.95. The molecule has 0 amide bonds. The summed E-state index contributed by atoms with van der Waals surface area (Å²) in [5, 5.41) is 35.4. The number of aliphatic hydroxyl groups is 2. The average molecular weight is 190 g/mol. The molecule has 1 fully saturated rings. The average Bonchev–Trinajstić information content (AvgIpc) is 2.29. The fourth-order valence-corrected chi connectivity index (χ4v) is 1.52. The second-order valence-electron chi connectivity index (χ2n) is 3.11. The number of aliphatic hydroxyl groups excluding tert-OH is 2. The van der Waals surface area contributed by atoms with Crippen LogP contribution in [-0.4, -0.2) is 44.6 Å². The second kappa shape index (κ2) is 3.31. The molecule has 1 rings (SSSR count). The van der Waals surface area contributed by atoms with Gasteiger partial charge in [-0.15, -0.1) is 0 Å². The summed E-state index contributed by atoms with van der Waals surface area (Å²) in [7, 11) is 0. The smallest absolute Gasteiger partial charge is 0.309 e. The lowest BCUT2D eigenvalue weighted by molar-refractivity contribution is -0.147. The van der Waals surface area contributed by atoms with E-state index in [1.54, 1.807) is 0 Å². The van der Waals surface area contributed by atoms with Gasteiger partial charge in [0.2, 0.25) is 0 Å². The molecule has 6 nitrogen and oxygen atoms in total. The van der Waals surface area contributed by atoms with Gasteiger partial charge in [0.1, 0.15) is 0 Å². The van der Waals surface area contributed by atoms with Gasteiger partial charge in [-0.05, 0) is 6.42 Å². The minimum atomic E-state index is -1.49. The lowest BCUT2D eigenvalue weighted by atomic mass is 10.1. The van der Waals surface area contributed by atoms with Crippen molar-refractivity contribution in [1.82, 2.24) is 0 Å². The normalized spacial score (nSPS) is 38.9. The molecule has 0 bridgehead atoms. The maximum absolute atomic E-state index is 10.5. The Hall–Kier alpha value is -1.14. The predicted molar refractivity (Wildman–Crippen MR) is 38.9 cm³/mol. The van der Waals surface area contributed by atoms with Gasteiger partial charge >= 0.3 is 11.9 Å². The highest BCUT2D eigenvalue weighted by Gasteiger charge is 2.48. The van der Waals surface area contributed by atoms with E-state index in [1.807, 2.05) is 0 Å². The molecule has 0 heterocycles. The molecule has 0 aromatic heterocycles.